The van der Waals surface area contributed by atoms with E-state index in [1.165, 1.54) is 0 Å². The molecular formula is C11H8ClN5O2. The summed E-state index contributed by atoms with van der Waals surface area (Å²) in [7, 11) is 0. The molecule has 0 saturated carbocycles. The summed E-state index contributed by atoms with van der Waals surface area (Å²) in [4.78, 5) is 4.18. The Hall–Kier alpha value is -2.41. The SMILES string of the molecule is Nc1nonc1-c1noc(Cc2ccc(Cl)cc2)n1. The molecule has 2 N–H and O–H groups in total. The van der Waals surface area contributed by atoms with Crippen LogP contribution in [-0.2, 0) is 6.42 Å². The molecule has 3 aromatic rings. The fourth-order valence-corrected chi connectivity index (χ4v) is 1.68. The highest BCUT2D eigenvalue weighted by molar-refractivity contribution is 6.30. The van der Waals surface area contributed by atoms with Crippen LogP contribution in [-0.4, -0.2) is 20.5 Å². The van der Waals surface area contributed by atoms with E-state index in [1.807, 2.05) is 12.1 Å². The third-order valence-corrected chi connectivity index (χ3v) is 2.71. The lowest BCUT2D eigenvalue weighted by atomic mass is 10.1. The summed E-state index contributed by atoms with van der Waals surface area (Å²) in [6.45, 7) is 0. The van der Waals surface area contributed by atoms with Crippen LogP contribution in [0.5, 0.6) is 0 Å². The number of benzene rings is 1. The van der Waals surface area contributed by atoms with Gasteiger partial charge in [-0.1, -0.05) is 28.9 Å². The maximum Gasteiger partial charge on any atom is 0.231 e. The molecule has 0 spiro atoms. The molecule has 0 aliphatic rings. The van der Waals surface area contributed by atoms with E-state index in [1.54, 1.807) is 12.1 Å². The first-order valence-electron chi connectivity index (χ1n) is 5.38. The van der Waals surface area contributed by atoms with Gasteiger partial charge in [-0.3, -0.25) is 0 Å². The number of hydrogen-bond donors (Lipinski definition) is 1. The van der Waals surface area contributed by atoms with Crippen molar-refractivity contribution in [3.63, 3.8) is 0 Å². The van der Waals surface area contributed by atoms with Crippen molar-refractivity contribution < 1.29 is 9.15 Å². The molecule has 2 heterocycles. The van der Waals surface area contributed by atoms with Gasteiger partial charge in [-0.25, -0.2) is 4.63 Å². The summed E-state index contributed by atoms with van der Waals surface area (Å²) in [6.07, 6.45) is 0.495. The monoisotopic (exact) mass is 277 g/mol. The second-order valence-corrected chi connectivity index (χ2v) is 4.25. The molecule has 7 nitrogen and oxygen atoms in total. The molecule has 3 rings (SSSR count). The first-order chi connectivity index (χ1) is 9.22. The van der Waals surface area contributed by atoms with Crippen LogP contribution in [0.15, 0.2) is 33.4 Å². The Labute approximate surface area is 112 Å². The summed E-state index contributed by atoms with van der Waals surface area (Å²) in [5, 5.41) is 11.5. The smallest absolute Gasteiger partial charge is 0.231 e. The number of hydrogen-bond acceptors (Lipinski definition) is 7. The molecule has 0 bridgehead atoms. The molecule has 0 atom stereocenters. The van der Waals surface area contributed by atoms with E-state index in [9.17, 15) is 0 Å². The summed E-state index contributed by atoms with van der Waals surface area (Å²) < 4.78 is 9.60. The summed E-state index contributed by atoms with van der Waals surface area (Å²) in [5.74, 6) is 0.821. The Bertz CT molecular complexity index is 691. The number of halogens is 1. The topological polar surface area (TPSA) is 104 Å². The van der Waals surface area contributed by atoms with Gasteiger partial charge in [0.2, 0.25) is 11.7 Å². The van der Waals surface area contributed by atoms with Crippen molar-refractivity contribution in [1.82, 2.24) is 20.5 Å². The van der Waals surface area contributed by atoms with Gasteiger partial charge in [-0.2, -0.15) is 4.98 Å². The minimum atomic E-state index is 0.124. The predicted octanol–water partition coefficient (Wildman–Crippen LogP) is 1.95. The van der Waals surface area contributed by atoms with Gasteiger partial charge in [0.1, 0.15) is 0 Å². The zero-order valence-corrected chi connectivity index (χ0v) is 10.3. The van der Waals surface area contributed by atoms with Crippen LogP contribution < -0.4 is 5.73 Å². The lowest BCUT2D eigenvalue weighted by molar-refractivity contribution is 0.310. The summed E-state index contributed by atoms with van der Waals surface area (Å²) in [5.41, 5.74) is 6.82. The molecule has 0 amide bonds. The molecule has 2 aromatic heterocycles. The van der Waals surface area contributed by atoms with E-state index >= 15 is 0 Å². The van der Waals surface area contributed by atoms with Gasteiger partial charge in [0.15, 0.2) is 11.5 Å². The molecule has 0 aliphatic heterocycles. The summed E-state index contributed by atoms with van der Waals surface area (Å²) >= 11 is 5.81. The van der Waals surface area contributed by atoms with Crippen molar-refractivity contribution in [2.45, 2.75) is 6.42 Å². The minimum absolute atomic E-state index is 0.124. The number of nitrogen functional groups attached to an aromatic ring is 1. The summed E-state index contributed by atoms with van der Waals surface area (Å²) in [6, 6.07) is 7.37. The Morgan fingerprint density at radius 3 is 2.58 bits per heavy atom. The lowest BCUT2D eigenvalue weighted by Gasteiger charge is -1.95. The number of nitrogens with zero attached hydrogens (tertiary/aromatic N) is 4. The van der Waals surface area contributed by atoms with Crippen molar-refractivity contribution >= 4 is 17.4 Å². The van der Waals surface area contributed by atoms with Gasteiger partial charge in [0.25, 0.3) is 0 Å². The maximum atomic E-state index is 5.81. The first-order valence-corrected chi connectivity index (χ1v) is 5.75. The van der Waals surface area contributed by atoms with Crippen LogP contribution in [0.3, 0.4) is 0 Å². The number of anilines is 1. The molecule has 0 aliphatic carbocycles. The Morgan fingerprint density at radius 2 is 1.89 bits per heavy atom. The van der Waals surface area contributed by atoms with Crippen molar-refractivity contribution in [1.29, 1.82) is 0 Å². The van der Waals surface area contributed by atoms with Gasteiger partial charge >= 0.3 is 0 Å². The van der Waals surface area contributed by atoms with Crippen molar-refractivity contribution in [2.24, 2.45) is 0 Å². The van der Waals surface area contributed by atoms with E-state index in [2.05, 4.69) is 25.1 Å². The standard InChI is InChI=1S/C11H8ClN5O2/c12-7-3-1-6(2-4-7)5-8-14-11(17-18-8)9-10(13)16-19-15-9/h1-4H,5H2,(H2,13,16). The lowest BCUT2D eigenvalue weighted by Crippen LogP contribution is -1.91. The van der Waals surface area contributed by atoms with E-state index in [0.29, 0.717) is 17.3 Å². The minimum Gasteiger partial charge on any atom is -0.379 e. The third-order valence-electron chi connectivity index (χ3n) is 2.46. The van der Waals surface area contributed by atoms with Crippen LogP contribution in [0, 0.1) is 0 Å². The predicted molar refractivity (Wildman–Crippen MR) is 66.3 cm³/mol. The molecule has 8 heteroatoms. The largest absolute Gasteiger partial charge is 0.379 e. The van der Waals surface area contributed by atoms with E-state index in [-0.39, 0.29) is 17.3 Å². The third kappa shape index (κ3) is 2.41. The van der Waals surface area contributed by atoms with Crippen LogP contribution >= 0.6 is 11.6 Å². The van der Waals surface area contributed by atoms with Crippen LogP contribution in [0.4, 0.5) is 5.82 Å². The first kappa shape index (κ1) is 11.7. The Morgan fingerprint density at radius 1 is 1.11 bits per heavy atom. The normalized spacial score (nSPS) is 10.8. The van der Waals surface area contributed by atoms with E-state index in [4.69, 9.17) is 21.9 Å². The average Bonchev–Trinajstić information content (AvgIpc) is 3.01. The molecule has 19 heavy (non-hydrogen) atoms. The van der Waals surface area contributed by atoms with Gasteiger partial charge < -0.3 is 10.3 Å². The van der Waals surface area contributed by atoms with Gasteiger partial charge in [0.05, 0.1) is 6.42 Å². The molecule has 0 radical (unpaired) electrons. The number of rotatable bonds is 3. The Kier molecular flexibility index (Phi) is 2.88. The number of nitrogens with two attached hydrogens (primary N) is 1. The Balaban J connectivity index is 1.82. The second-order valence-electron chi connectivity index (χ2n) is 3.81. The molecule has 0 unspecified atom stereocenters. The van der Waals surface area contributed by atoms with Gasteiger partial charge in [0, 0.05) is 5.02 Å². The molecule has 96 valence electrons. The molecule has 0 fully saturated rings. The zero-order chi connectivity index (χ0) is 13.2. The second kappa shape index (κ2) is 4.69. The highest BCUT2D eigenvalue weighted by Gasteiger charge is 2.16. The molecule has 1 aromatic carbocycles. The van der Waals surface area contributed by atoms with E-state index < -0.39 is 0 Å². The van der Waals surface area contributed by atoms with Crippen molar-refractivity contribution in [3.8, 4) is 11.5 Å². The fraction of sp³-hybridized carbons (Fsp3) is 0.0909. The van der Waals surface area contributed by atoms with Crippen molar-refractivity contribution in [3.05, 3.63) is 40.7 Å². The highest BCUT2D eigenvalue weighted by atomic mass is 35.5. The van der Waals surface area contributed by atoms with Crippen LogP contribution in [0.2, 0.25) is 5.02 Å². The van der Waals surface area contributed by atoms with E-state index in [0.717, 1.165) is 5.56 Å². The highest BCUT2D eigenvalue weighted by Crippen LogP contribution is 2.19. The zero-order valence-electron chi connectivity index (χ0n) is 9.58. The van der Waals surface area contributed by atoms with Crippen LogP contribution in [0.1, 0.15) is 11.5 Å². The van der Waals surface area contributed by atoms with Crippen molar-refractivity contribution in [2.75, 3.05) is 5.73 Å². The molecule has 0 saturated heterocycles. The van der Waals surface area contributed by atoms with Crippen LogP contribution in [0.25, 0.3) is 11.5 Å². The molecular weight excluding hydrogens is 270 g/mol. The maximum absolute atomic E-state index is 5.81. The quantitative estimate of drug-likeness (QED) is 0.780. The number of aromatic nitrogens is 4. The fourth-order valence-electron chi connectivity index (χ4n) is 1.55. The van der Waals surface area contributed by atoms with Gasteiger partial charge in [-0.15, -0.1) is 0 Å². The average molecular weight is 278 g/mol. The van der Waals surface area contributed by atoms with Gasteiger partial charge in [-0.05, 0) is 28.0 Å².